The number of halogens is 1. The Morgan fingerprint density at radius 1 is 1.11 bits per heavy atom. The van der Waals surface area contributed by atoms with Crippen molar-refractivity contribution in [1.82, 2.24) is 5.32 Å². The average molecular weight is 500 g/mol. The first kappa shape index (κ1) is 27.4. The van der Waals surface area contributed by atoms with Gasteiger partial charge < -0.3 is 10.4 Å². The molecule has 0 aliphatic heterocycles. The van der Waals surface area contributed by atoms with Crippen LogP contribution in [0, 0.1) is 40.8 Å². The smallest absolute Gasteiger partial charge is 0.124 e. The molecule has 2 aromatic carbocycles. The summed E-state index contributed by atoms with van der Waals surface area (Å²) < 4.78 is 13.6. The third kappa shape index (κ3) is 5.77. The van der Waals surface area contributed by atoms with Gasteiger partial charge in [0.15, 0.2) is 0 Å². The normalized spacial score (nSPS) is 30.3. The number of allylic oxidation sites excluding steroid dienone is 1. The van der Waals surface area contributed by atoms with Gasteiger partial charge in [-0.15, -0.1) is 6.58 Å². The Morgan fingerprint density at radius 2 is 1.84 bits per heavy atom. The highest BCUT2D eigenvalue weighted by atomic mass is 19.1. The maximum absolute atomic E-state index is 13.6. The summed E-state index contributed by atoms with van der Waals surface area (Å²) in [7, 11) is 0. The molecule has 0 amide bonds. The Balaban J connectivity index is 1.73. The van der Waals surface area contributed by atoms with Gasteiger partial charge in [0, 0.05) is 22.6 Å². The summed E-state index contributed by atoms with van der Waals surface area (Å²) in [6, 6.07) is 15.0. The Labute approximate surface area is 223 Å². The highest BCUT2D eigenvalue weighted by molar-refractivity contribution is 5.59. The van der Waals surface area contributed by atoms with E-state index in [1.54, 1.807) is 6.07 Å². The Morgan fingerprint density at radius 3 is 2.54 bits per heavy atom. The molecule has 2 aliphatic rings. The minimum atomic E-state index is -0.315. The van der Waals surface area contributed by atoms with Crippen LogP contribution in [-0.4, -0.2) is 23.8 Å². The van der Waals surface area contributed by atoms with E-state index in [0.29, 0.717) is 17.4 Å². The van der Waals surface area contributed by atoms with Crippen molar-refractivity contribution < 1.29 is 9.50 Å². The molecule has 2 N–H and O–H groups in total. The van der Waals surface area contributed by atoms with Gasteiger partial charge in [-0.25, -0.2) is 4.39 Å². The topological polar surface area (TPSA) is 32.3 Å². The molecular weight excluding hydrogens is 457 g/mol. The minimum Gasteiger partial charge on any atom is -0.393 e. The van der Waals surface area contributed by atoms with E-state index in [9.17, 15) is 9.50 Å². The lowest BCUT2D eigenvalue weighted by Crippen LogP contribution is -2.60. The van der Waals surface area contributed by atoms with E-state index < -0.39 is 0 Å². The van der Waals surface area contributed by atoms with Gasteiger partial charge in [-0.3, -0.25) is 0 Å². The van der Waals surface area contributed by atoms with E-state index in [0.717, 1.165) is 49.8 Å². The number of hydrogen-bond donors (Lipinski definition) is 2. The zero-order valence-electron chi connectivity index (χ0n) is 22.6. The fourth-order valence-electron chi connectivity index (χ4n) is 7.07. The van der Waals surface area contributed by atoms with Crippen LogP contribution in [0.15, 0.2) is 66.8 Å². The van der Waals surface area contributed by atoms with Crippen molar-refractivity contribution in [1.29, 1.82) is 0 Å². The van der Waals surface area contributed by atoms with E-state index in [4.69, 9.17) is 0 Å². The van der Waals surface area contributed by atoms with Crippen molar-refractivity contribution in [3.63, 3.8) is 0 Å². The third-order valence-corrected chi connectivity index (χ3v) is 8.92. The Hall–Kier alpha value is -2.67. The van der Waals surface area contributed by atoms with Gasteiger partial charge >= 0.3 is 0 Å². The monoisotopic (exact) mass is 499 g/mol. The highest BCUT2D eigenvalue weighted by Crippen LogP contribution is 2.59. The van der Waals surface area contributed by atoms with E-state index >= 15 is 0 Å². The molecule has 0 aromatic heterocycles. The number of aliphatic hydroxyl groups is 1. The molecule has 2 aromatic rings. The molecule has 0 heterocycles. The molecule has 0 radical (unpaired) electrons. The van der Waals surface area contributed by atoms with Crippen molar-refractivity contribution >= 4 is 6.08 Å². The van der Waals surface area contributed by atoms with Crippen LogP contribution in [0.4, 0.5) is 4.39 Å². The van der Waals surface area contributed by atoms with Crippen LogP contribution < -0.4 is 5.32 Å². The molecule has 3 unspecified atom stereocenters. The molecule has 2 aliphatic carbocycles. The lowest BCUT2D eigenvalue weighted by Gasteiger charge is -2.60. The summed E-state index contributed by atoms with van der Waals surface area (Å²) in [5.41, 5.74) is 3.88. The molecule has 2 fully saturated rings. The van der Waals surface area contributed by atoms with Crippen LogP contribution in [0.2, 0.25) is 0 Å². The predicted octanol–water partition coefficient (Wildman–Crippen LogP) is 7.38. The molecule has 0 spiro atoms. The molecule has 37 heavy (non-hydrogen) atoms. The second-order valence-electron chi connectivity index (χ2n) is 11.1. The molecule has 4 rings (SSSR count). The number of nitrogens with one attached hydrogen (secondary N) is 1. The largest absolute Gasteiger partial charge is 0.393 e. The third-order valence-electron chi connectivity index (χ3n) is 8.92. The quantitative estimate of drug-likeness (QED) is 0.237. The van der Waals surface area contributed by atoms with E-state index in [2.05, 4.69) is 62.7 Å². The van der Waals surface area contributed by atoms with E-state index in [1.807, 2.05) is 24.3 Å². The highest BCUT2D eigenvalue weighted by Gasteiger charge is 2.57. The van der Waals surface area contributed by atoms with Gasteiger partial charge in [0.25, 0.3) is 0 Å². The van der Waals surface area contributed by atoms with Crippen LogP contribution in [0.1, 0.15) is 76.0 Å². The minimum absolute atomic E-state index is 0.178. The van der Waals surface area contributed by atoms with E-state index in [1.165, 1.54) is 24.1 Å². The molecule has 0 bridgehead atoms. The first-order valence-electron chi connectivity index (χ1n) is 14.0. The number of aliphatic hydroxyl groups excluding tert-OH is 1. The fraction of sp³-hybridized carbons (Fsp3) is 0.471. The van der Waals surface area contributed by atoms with Crippen molar-refractivity contribution in [2.45, 2.75) is 71.4 Å². The maximum Gasteiger partial charge on any atom is 0.124 e. The summed E-state index contributed by atoms with van der Waals surface area (Å²) in [5, 5.41) is 15.4. The van der Waals surface area contributed by atoms with Gasteiger partial charge in [-0.05, 0) is 91.5 Å². The number of hydrogen-bond acceptors (Lipinski definition) is 2. The molecule has 196 valence electrons. The Kier molecular flexibility index (Phi) is 9.06. The van der Waals surface area contributed by atoms with Crippen molar-refractivity contribution in [3.05, 3.63) is 89.3 Å². The second kappa shape index (κ2) is 12.2. The second-order valence-corrected chi connectivity index (χ2v) is 11.1. The first-order chi connectivity index (χ1) is 17.9. The summed E-state index contributed by atoms with van der Waals surface area (Å²) in [6.07, 6.45) is 10.3. The first-order valence-corrected chi connectivity index (χ1v) is 14.0. The standard InChI is InChI=1S/C34H42FNO/c1-5-7-20-36-33-24(3)31-15-10-16-32(37)34(31,19-6-2)25(4)30(33)23-28-13-8-11-26(21-28)17-18-27-12-9-14-29(35)22-27/h6,8-9,11-14,21-25,31-33,36-37H,2,5,7,10,15-16,19-20H2,1,3-4H3/t24?,25-,31?,32-,33?,34-/m0/s1. The SMILES string of the molecule is C=CC[C@]12C(CCC[C@@H]1O)C(C)C(NCCCC)C(=Cc1cccc(C#Cc3cccc(F)c3)c1)[C@@H]2C. The molecule has 0 saturated heterocycles. The number of fused-ring (bicyclic) bond motifs is 1. The van der Waals surface area contributed by atoms with Crippen molar-refractivity contribution in [2.24, 2.45) is 23.2 Å². The van der Waals surface area contributed by atoms with Gasteiger partial charge in [0.2, 0.25) is 0 Å². The number of rotatable bonds is 7. The van der Waals surface area contributed by atoms with Gasteiger partial charge in [-0.1, -0.05) is 75.8 Å². The van der Waals surface area contributed by atoms with Gasteiger partial charge in [0.1, 0.15) is 5.82 Å². The lowest BCUT2D eigenvalue weighted by molar-refractivity contribution is -0.116. The summed E-state index contributed by atoms with van der Waals surface area (Å²) in [5.74, 6) is 7.13. The van der Waals surface area contributed by atoms with Crippen molar-refractivity contribution in [2.75, 3.05) is 6.54 Å². The molecular formula is C34H42FNO. The summed E-state index contributed by atoms with van der Waals surface area (Å²) in [6.45, 7) is 12.0. The van der Waals surface area contributed by atoms with Gasteiger partial charge in [-0.2, -0.15) is 0 Å². The zero-order chi connectivity index (χ0) is 26.4. The number of benzene rings is 2. The van der Waals surface area contributed by atoms with Gasteiger partial charge in [0.05, 0.1) is 6.10 Å². The van der Waals surface area contributed by atoms with Crippen LogP contribution >= 0.6 is 0 Å². The van der Waals surface area contributed by atoms with Crippen LogP contribution in [-0.2, 0) is 0 Å². The van der Waals surface area contributed by atoms with Crippen LogP contribution in [0.5, 0.6) is 0 Å². The fourth-order valence-corrected chi connectivity index (χ4v) is 7.07. The summed E-state index contributed by atoms with van der Waals surface area (Å²) >= 11 is 0. The Bertz CT molecular complexity index is 1170. The number of unbranched alkanes of at least 4 members (excludes halogenated alkanes) is 1. The van der Waals surface area contributed by atoms with Crippen molar-refractivity contribution in [3.8, 4) is 11.8 Å². The van der Waals surface area contributed by atoms with E-state index in [-0.39, 0.29) is 29.3 Å². The molecule has 2 nitrogen and oxygen atoms in total. The average Bonchev–Trinajstić information content (AvgIpc) is 2.89. The zero-order valence-corrected chi connectivity index (χ0v) is 22.6. The lowest BCUT2D eigenvalue weighted by atomic mass is 9.47. The molecule has 6 atom stereocenters. The van der Waals surface area contributed by atoms with Crippen LogP contribution in [0.25, 0.3) is 6.08 Å². The predicted molar refractivity (Wildman–Crippen MR) is 152 cm³/mol. The molecule has 3 heteroatoms. The molecule has 2 saturated carbocycles. The summed E-state index contributed by atoms with van der Waals surface area (Å²) in [4.78, 5) is 0. The maximum atomic E-state index is 13.6. The van der Waals surface area contributed by atoms with Crippen LogP contribution in [0.3, 0.4) is 0 Å².